The molecule has 178 valence electrons. The highest BCUT2D eigenvalue weighted by Crippen LogP contribution is 2.27. The Kier molecular flexibility index (Phi) is 7.50. The van der Waals surface area contributed by atoms with Crippen LogP contribution in [-0.4, -0.2) is 54.3 Å². The number of nitrogens with one attached hydrogen (secondary N) is 1. The molecule has 0 amide bonds. The molecule has 2 aromatic heterocycles. The number of fused-ring (bicyclic) bond motifs is 7. The number of benzene rings is 1. The summed E-state index contributed by atoms with van der Waals surface area (Å²) in [6.45, 7) is 5.74. The van der Waals surface area contributed by atoms with Gasteiger partial charge in [0.15, 0.2) is 5.76 Å². The van der Waals surface area contributed by atoms with E-state index >= 15 is 0 Å². The third-order valence-electron chi connectivity index (χ3n) is 5.85. The number of aromatic nitrogens is 2. The zero-order chi connectivity index (χ0) is 23.0. The Labute approximate surface area is 199 Å². The number of hydrogen-bond donors (Lipinski definition) is 1. The Bertz CT molecular complexity index is 1110. The Hall–Kier alpha value is -3.20. The van der Waals surface area contributed by atoms with Crippen molar-refractivity contribution in [2.24, 2.45) is 0 Å². The second-order valence-electron chi connectivity index (χ2n) is 8.38. The quantitative estimate of drug-likeness (QED) is 0.565. The number of anilines is 2. The summed E-state index contributed by atoms with van der Waals surface area (Å²) < 4.78 is 23.6. The first kappa shape index (κ1) is 22.6. The van der Waals surface area contributed by atoms with E-state index in [0.29, 0.717) is 50.4 Å². The van der Waals surface area contributed by atoms with Crippen LogP contribution < -0.4 is 10.1 Å². The molecule has 5 rings (SSSR count). The predicted octanol–water partition coefficient (Wildman–Crippen LogP) is 4.56. The fourth-order valence-electron chi connectivity index (χ4n) is 4.08. The van der Waals surface area contributed by atoms with Gasteiger partial charge in [-0.2, -0.15) is 0 Å². The third kappa shape index (κ3) is 6.02. The molecule has 2 aliphatic heterocycles. The molecule has 0 unspecified atom stereocenters. The number of nitrogens with zero attached hydrogens (tertiary/aromatic N) is 3. The van der Waals surface area contributed by atoms with Crippen molar-refractivity contribution in [3.63, 3.8) is 0 Å². The Balaban J connectivity index is 1.35. The zero-order valence-corrected chi connectivity index (χ0v) is 19.2. The first-order chi connectivity index (χ1) is 16.8. The lowest BCUT2D eigenvalue weighted by molar-refractivity contribution is 0.128. The van der Waals surface area contributed by atoms with Gasteiger partial charge in [-0.1, -0.05) is 12.2 Å². The summed E-state index contributed by atoms with van der Waals surface area (Å²) in [5, 5.41) is 3.29. The molecule has 1 N–H and O–H groups in total. The van der Waals surface area contributed by atoms with Crippen molar-refractivity contribution in [3.05, 3.63) is 66.1 Å². The summed E-state index contributed by atoms with van der Waals surface area (Å²) in [7, 11) is 0. The number of likely N-dealkylation sites (tertiary alicyclic amines) is 1. The van der Waals surface area contributed by atoms with Gasteiger partial charge in [-0.05, 0) is 62.3 Å². The highest BCUT2D eigenvalue weighted by atomic mass is 16.5. The molecule has 0 aliphatic carbocycles. The maximum atomic E-state index is 6.14. The van der Waals surface area contributed by atoms with Gasteiger partial charge in [0, 0.05) is 24.0 Å². The van der Waals surface area contributed by atoms with Crippen LogP contribution in [0.15, 0.2) is 59.2 Å². The standard InChI is InChI=1S/C26H30N4O4/c1-2-12-30(11-1)13-16-33-24-7-5-21-17-20(24)18-31-14-3-4-15-32-19-22-6-8-25(34-22)23-9-10-27-26(28-21)29-23/h3-10,17H,1-2,11-16,18-19H2,(H,27,28,29). The van der Waals surface area contributed by atoms with Gasteiger partial charge >= 0.3 is 0 Å². The van der Waals surface area contributed by atoms with Crippen LogP contribution in [0.25, 0.3) is 11.5 Å². The largest absolute Gasteiger partial charge is 0.492 e. The molecule has 0 saturated carbocycles. The minimum atomic E-state index is 0.393. The molecule has 3 aromatic rings. The van der Waals surface area contributed by atoms with Gasteiger partial charge in [0.2, 0.25) is 5.95 Å². The van der Waals surface area contributed by atoms with Crippen molar-refractivity contribution in [2.45, 2.75) is 26.1 Å². The average Bonchev–Trinajstić information content (AvgIpc) is 3.54. The Morgan fingerprint density at radius 3 is 2.71 bits per heavy atom. The smallest absolute Gasteiger partial charge is 0.227 e. The van der Waals surface area contributed by atoms with Crippen LogP contribution in [0.4, 0.5) is 11.6 Å². The molecule has 0 radical (unpaired) electrons. The molecule has 0 spiro atoms. The summed E-state index contributed by atoms with van der Waals surface area (Å²) in [4.78, 5) is 11.4. The fraction of sp³-hybridized carbons (Fsp3) is 0.385. The predicted molar refractivity (Wildman–Crippen MR) is 129 cm³/mol. The summed E-state index contributed by atoms with van der Waals surface area (Å²) in [5.41, 5.74) is 2.55. The SMILES string of the molecule is C1=CCOCc2cc(ccc2OCCN2CCCC2)Nc2nccc(n2)-c2ccc(o2)COC1. The van der Waals surface area contributed by atoms with Gasteiger partial charge in [-0.25, -0.2) is 9.97 Å². The molecule has 1 aromatic carbocycles. The van der Waals surface area contributed by atoms with Gasteiger partial charge in [0.25, 0.3) is 0 Å². The summed E-state index contributed by atoms with van der Waals surface area (Å²) in [6, 6.07) is 11.6. The van der Waals surface area contributed by atoms with Crippen molar-refractivity contribution in [1.29, 1.82) is 0 Å². The zero-order valence-electron chi connectivity index (χ0n) is 19.2. The molecule has 2 aliphatic rings. The van der Waals surface area contributed by atoms with Crippen molar-refractivity contribution >= 4 is 11.6 Å². The summed E-state index contributed by atoms with van der Waals surface area (Å²) in [6.07, 6.45) is 8.19. The van der Waals surface area contributed by atoms with E-state index in [9.17, 15) is 0 Å². The molecule has 8 heteroatoms. The van der Waals surface area contributed by atoms with E-state index in [1.165, 1.54) is 12.8 Å². The average molecular weight is 463 g/mol. The van der Waals surface area contributed by atoms with Crippen LogP contribution in [0.2, 0.25) is 0 Å². The first-order valence-electron chi connectivity index (χ1n) is 11.8. The number of hydrogen-bond acceptors (Lipinski definition) is 8. The molecule has 1 saturated heterocycles. The molecule has 0 atom stereocenters. The minimum absolute atomic E-state index is 0.393. The van der Waals surface area contributed by atoms with E-state index < -0.39 is 0 Å². The van der Waals surface area contributed by atoms with Gasteiger partial charge in [-0.15, -0.1) is 0 Å². The minimum Gasteiger partial charge on any atom is -0.492 e. The highest BCUT2D eigenvalue weighted by Gasteiger charge is 2.13. The van der Waals surface area contributed by atoms with E-state index in [1.807, 2.05) is 48.6 Å². The normalized spacial score (nSPS) is 17.1. The maximum Gasteiger partial charge on any atom is 0.227 e. The van der Waals surface area contributed by atoms with E-state index in [2.05, 4.69) is 20.2 Å². The number of ether oxygens (including phenoxy) is 3. The second-order valence-corrected chi connectivity index (χ2v) is 8.38. The highest BCUT2D eigenvalue weighted by molar-refractivity contribution is 5.60. The van der Waals surface area contributed by atoms with Crippen LogP contribution in [0.5, 0.6) is 5.75 Å². The van der Waals surface area contributed by atoms with E-state index in [0.717, 1.165) is 42.4 Å². The topological polar surface area (TPSA) is 81.9 Å². The molecule has 6 bridgehead atoms. The van der Waals surface area contributed by atoms with Crippen LogP contribution in [0.1, 0.15) is 24.2 Å². The van der Waals surface area contributed by atoms with Crippen LogP contribution >= 0.6 is 0 Å². The monoisotopic (exact) mass is 462 g/mol. The Morgan fingerprint density at radius 2 is 1.82 bits per heavy atom. The Morgan fingerprint density at radius 1 is 0.971 bits per heavy atom. The van der Waals surface area contributed by atoms with Gasteiger partial charge in [-0.3, -0.25) is 4.90 Å². The third-order valence-corrected chi connectivity index (χ3v) is 5.85. The molecule has 34 heavy (non-hydrogen) atoms. The van der Waals surface area contributed by atoms with E-state index in [-0.39, 0.29) is 0 Å². The second kappa shape index (κ2) is 11.3. The van der Waals surface area contributed by atoms with Crippen molar-refractivity contribution in [2.75, 3.05) is 44.8 Å². The maximum absolute atomic E-state index is 6.14. The first-order valence-corrected chi connectivity index (χ1v) is 11.8. The molecular weight excluding hydrogens is 432 g/mol. The van der Waals surface area contributed by atoms with Crippen molar-refractivity contribution in [1.82, 2.24) is 14.9 Å². The fourth-order valence-corrected chi connectivity index (χ4v) is 4.08. The van der Waals surface area contributed by atoms with E-state index in [4.69, 9.17) is 18.6 Å². The summed E-state index contributed by atoms with van der Waals surface area (Å²) in [5.74, 6) is 2.75. The lowest BCUT2D eigenvalue weighted by Crippen LogP contribution is -2.25. The van der Waals surface area contributed by atoms with Gasteiger partial charge in [0.05, 0.1) is 19.8 Å². The van der Waals surface area contributed by atoms with Crippen LogP contribution in [-0.2, 0) is 22.7 Å². The number of rotatable bonds is 4. The molecular formula is C26H30N4O4. The van der Waals surface area contributed by atoms with Crippen molar-refractivity contribution < 1.29 is 18.6 Å². The van der Waals surface area contributed by atoms with Crippen molar-refractivity contribution in [3.8, 4) is 17.2 Å². The lowest BCUT2D eigenvalue weighted by Gasteiger charge is -2.17. The lowest BCUT2D eigenvalue weighted by atomic mass is 10.2. The number of furan rings is 1. The molecule has 1 fully saturated rings. The van der Waals surface area contributed by atoms with Gasteiger partial charge < -0.3 is 23.9 Å². The summed E-state index contributed by atoms with van der Waals surface area (Å²) >= 11 is 0. The molecule has 4 heterocycles. The van der Waals surface area contributed by atoms with Crippen LogP contribution in [0.3, 0.4) is 0 Å². The molecule has 8 nitrogen and oxygen atoms in total. The van der Waals surface area contributed by atoms with E-state index in [1.54, 1.807) is 6.20 Å². The van der Waals surface area contributed by atoms with Crippen LogP contribution in [0, 0.1) is 0 Å². The van der Waals surface area contributed by atoms with Gasteiger partial charge in [0.1, 0.15) is 30.4 Å².